The number of aliphatic carboxylic acids is 1. The average molecular weight is 161 g/mol. The summed E-state index contributed by atoms with van der Waals surface area (Å²) in [7, 11) is 0. The molecule has 0 atom stereocenters. The summed E-state index contributed by atoms with van der Waals surface area (Å²) in [6.45, 7) is 0. The first-order valence-corrected chi connectivity index (χ1v) is 3.34. The largest absolute Gasteiger partial charge is 0.481 e. The van der Waals surface area contributed by atoms with E-state index in [-0.39, 0.29) is 6.42 Å². The molecule has 1 aromatic rings. The van der Waals surface area contributed by atoms with Gasteiger partial charge >= 0.3 is 5.97 Å². The predicted molar refractivity (Wildman–Crippen MR) is 43.5 cm³/mol. The van der Waals surface area contributed by atoms with Gasteiger partial charge in [-0.15, -0.1) is 6.42 Å². The van der Waals surface area contributed by atoms with Gasteiger partial charge in [0.1, 0.15) is 0 Å². The second kappa shape index (κ2) is 3.54. The zero-order valence-corrected chi connectivity index (χ0v) is 6.32. The van der Waals surface area contributed by atoms with Crippen molar-refractivity contribution >= 4 is 5.97 Å². The van der Waals surface area contributed by atoms with E-state index in [9.17, 15) is 4.79 Å². The minimum Gasteiger partial charge on any atom is -0.481 e. The van der Waals surface area contributed by atoms with Crippen LogP contribution in [-0.4, -0.2) is 16.1 Å². The summed E-state index contributed by atoms with van der Waals surface area (Å²) in [5, 5.41) is 8.45. The Kier molecular flexibility index (Phi) is 2.44. The molecule has 1 N–H and O–H groups in total. The number of carbonyl (C=O) groups is 1. The summed E-state index contributed by atoms with van der Waals surface area (Å²) in [6.07, 6.45) is 8.09. The lowest BCUT2D eigenvalue weighted by Gasteiger charge is -1.95. The van der Waals surface area contributed by atoms with Crippen LogP contribution in [0.15, 0.2) is 18.5 Å². The fourth-order valence-electron chi connectivity index (χ4n) is 0.838. The molecule has 12 heavy (non-hydrogen) atoms. The van der Waals surface area contributed by atoms with Crippen molar-refractivity contribution in [3.05, 3.63) is 29.6 Å². The molecule has 1 rings (SSSR count). The molecular formula is C9H7NO2. The second-order valence-corrected chi connectivity index (χ2v) is 2.30. The molecule has 0 aliphatic carbocycles. The zero-order chi connectivity index (χ0) is 8.97. The van der Waals surface area contributed by atoms with Crippen LogP contribution in [0, 0.1) is 12.3 Å². The number of pyridine rings is 1. The highest BCUT2D eigenvalue weighted by Crippen LogP contribution is 2.01. The van der Waals surface area contributed by atoms with Crippen molar-refractivity contribution in [2.24, 2.45) is 0 Å². The van der Waals surface area contributed by atoms with Crippen molar-refractivity contribution in [1.82, 2.24) is 4.98 Å². The first-order valence-electron chi connectivity index (χ1n) is 3.34. The Morgan fingerprint density at radius 2 is 2.42 bits per heavy atom. The van der Waals surface area contributed by atoms with E-state index >= 15 is 0 Å². The summed E-state index contributed by atoms with van der Waals surface area (Å²) in [4.78, 5) is 14.1. The monoisotopic (exact) mass is 161 g/mol. The van der Waals surface area contributed by atoms with Crippen LogP contribution >= 0.6 is 0 Å². The number of carboxylic acid groups (broad SMARTS) is 1. The molecule has 0 bridgehead atoms. The third-order valence-corrected chi connectivity index (χ3v) is 1.32. The van der Waals surface area contributed by atoms with Gasteiger partial charge in [-0.25, -0.2) is 0 Å². The molecule has 3 heteroatoms. The van der Waals surface area contributed by atoms with E-state index in [2.05, 4.69) is 10.9 Å². The molecular weight excluding hydrogens is 154 g/mol. The molecule has 0 unspecified atom stereocenters. The summed E-state index contributed by atoms with van der Waals surface area (Å²) in [5.41, 5.74) is 1.23. The first kappa shape index (κ1) is 8.28. The maximum atomic E-state index is 10.3. The van der Waals surface area contributed by atoms with Gasteiger partial charge in [0.05, 0.1) is 6.42 Å². The minimum atomic E-state index is -0.883. The van der Waals surface area contributed by atoms with Gasteiger partial charge in [0.2, 0.25) is 0 Å². The molecule has 0 saturated carbocycles. The summed E-state index contributed by atoms with van der Waals surface area (Å²) >= 11 is 0. The van der Waals surface area contributed by atoms with Crippen molar-refractivity contribution in [2.75, 3.05) is 0 Å². The maximum Gasteiger partial charge on any atom is 0.307 e. The van der Waals surface area contributed by atoms with Crippen LogP contribution in [0.2, 0.25) is 0 Å². The number of aromatic nitrogens is 1. The van der Waals surface area contributed by atoms with E-state index in [1.807, 2.05) is 0 Å². The van der Waals surface area contributed by atoms with Crippen LogP contribution in [0.3, 0.4) is 0 Å². The highest BCUT2D eigenvalue weighted by molar-refractivity contribution is 5.70. The molecule has 60 valence electrons. The van der Waals surface area contributed by atoms with Crippen molar-refractivity contribution < 1.29 is 9.90 Å². The van der Waals surface area contributed by atoms with Crippen LogP contribution < -0.4 is 0 Å². The molecule has 3 nitrogen and oxygen atoms in total. The lowest BCUT2D eigenvalue weighted by molar-refractivity contribution is -0.136. The number of nitrogens with zero attached hydrogens (tertiary/aromatic N) is 1. The van der Waals surface area contributed by atoms with E-state index < -0.39 is 5.97 Å². The van der Waals surface area contributed by atoms with Gasteiger partial charge in [0.15, 0.2) is 0 Å². The third kappa shape index (κ3) is 2.10. The van der Waals surface area contributed by atoms with Crippen LogP contribution in [0.25, 0.3) is 0 Å². The van der Waals surface area contributed by atoms with E-state index in [1.165, 1.54) is 12.4 Å². The second-order valence-electron chi connectivity index (χ2n) is 2.30. The Bertz CT molecular complexity index is 339. The number of terminal acetylenes is 1. The fraction of sp³-hybridized carbons (Fsp3) is 0.111. The Morgan fingerprint density at radius 1 is 1.67 bits per heavy atom. The SMILES string of the molecule is C#Cc1cncc(CC(=O)O)c1. The number of hydrogen-bond donors (Lipinski definition) is 1. The third-order valence-electron chi connectivity index (χ3n) is 1.32. The van der Waals surface area contributed by atoms with Gasteiger partial charge in [-0.1, -0.05) is 5.92 Å². The van der Waals surface area contributed by atoms with Gasteiger partial charge in [-0.05, 0) is 11.6 Å². The Balaban J connectivity index is 2.88. The lowest BCUT2D eigenvalue weighted by atomic mass is 10.1. The zero-order valence-electron chi connectivity index (χ0n) is 6.32. The topological polar surface area (TPSA) is 50.2 Å². The maximum absolute atomic E-state index is 10.3. The Labute approximate surface area is 70.1 Å². The Hall–Kier alpha value is -1.82. The number of rotatable bonds is 2. The number of carboxylic acids is 1. The smallest absolute Gasteiger partial charge is 0.307 e. The van der Waals surface area contributed by atoms with Crippen molar-refractivity contribution in [2.45, 2.75) is 6.42 Å². The van der Waals surface area contributed by atoms with Crippen molar-refractivity contribution in [3.63, 3.8) is 0 Å². The molecule has 0 fully saturated rings. The van der Waals surface area contributed by atoms with E-state index in [0.717, 1.165) is 0 Å². The quantitative estimate of drug-likeness (QED) is 0.649. The highest BCUT2D eigenvalue weighted by atomic mass is 16.4. The summed E-state index contributed by atoms with van der Waals surface area (Å²) in [6, 6.07) is 1.64. The Morgan fingerprint density at radius 3 is 3.00 bits per heavy atom. The van der Waals surface area contributed by atoms with Gasteiger partial charge in [0, 0.05) is 18.0 Å². The normalized spacial score (nSPS) is 8.92. The van der Waals surface area contributed by atoms with Crippen molar-refractivity contribution in [3.8, 4) is 12.3 Å². The highest BCUT2D eigenvalue weighted by Gasteiger charge is 2.00. The predicted octanol–water partition coefficient (Wildman–Crippen LogP) is 0.690. The molecule has 0 aliphatic rings. The van der Waals surface area contributed by atoms with Crippen molar-refractivity contribution in [1.29, 1.82) is 0 Å². The van der Waals surface area contributed by atoms with E-state index in [0.29, 0.717) is 11.1 Å². The van der Waals surface area contributed by atoms with Crippen LogP contribution in [0.5, 0.6) is 0 Å². The molecule has 0 radical (unpaired) electrons. The summed E-state index contributed by atoms with van der Waals surface area (Å²) in [5.74, 6) is 1.50. The van der Waals surface area contributed by atoms with Gasteiger partial charge < -0.3 is 5.11 Å². The molecule has 0 aromatic carbocycles. The first-order chi connectivity index (χ1) is 5.72. The van der Waals surface area contributed by atoms with E-state index in [4.69, 9.17) is 11.5 Å². The van der Waals surface area contributed by atoms with E-state index in [1.54, 1.807) is 6.07 Å². The fourth-order valence-corrected chi connectivity index (χ4v) is 0.838. The molecule has 0 aliphatic heterocycles. The molecule has 0 amide bonds. The summed E-state index contributed by atoms with van der Waals surface area (Å²) < 4.78 is 0. The van der Waals surface area contributed by atoms with Crippen LogP contribution in [0.1, 0.15) is 11.1 Å². The van der Waals surface area contributed by atoms with Gasteiger partial charge in [-0.2, -0.15) is 0 Å². The average Bonchev–Trinajstić information content (AvgIpc) is 2.03. The van der Waals surface area contributed by atoms with Gasteiger partial charge in [-0.3, -0.25) is 9.78 Å². The van der Waals surface area contributed by atoms with Crippen LogP contribution in [0.4, 0.5) is 0 Å². The number of hydrogen-bond acceptors (Lipinski definition) is 2. The molecule has 1 aromatic heterocycles. The van der Waals surface area contributed by atoms with Crippen LogP contribution in [-0.2, 0) is 11.2 Å². The standard InChI is InChI=1S/C9H7NO2/c1-2-7-3-8(4-9(11)12)6-10-5-7/h1,3,5-6H,4H2,(H,11,12). The van der Waals surface area contributed by atoms with Gasteiger partial charge in [0.25, 0.3) is 0 Å². The molecule has 1 heterocycles. The molecule has 0 spiro atoms. The minimum absolute atomic E-state index is 0.0392. The lowest BCUT2D eigenvalue weighted by Crippen LogP contribution is -2.00. The molecule has 0 saturated heterocycles.